The van der Waals surface area contributed by atoms with Crippen LogP contribution in [0.1, 0.15) is 35.0 Å². The first-order chi connectivity index (χ1) is 14.2. The lowest BCUT2D eigenvalue weighted by atomic mass is 9.97. The lowest BCUT2D eigenvalue weighted by Gasteiger charge is -2.20. The highest BCUT2D eigenvalue weighted by atomic mass is 32.1. The summed E-state index contributed by atoms with van der Waals surface area (Å²) in [7, 11) is 0. The summed E-state index contributed by atoms with van der Waals surface area (Å²) in [5, 5.41) is 9.11. The molecule has 4 rings (SSSR count). The highest BCUT2D eigenvalue weighted by molar-refractivity contribution is 7.13. The maximum absolute atomic E-state index is 12.7. The second kappa shape index (κ2) is 8.84. The molecule has 0 spiro atoms. The molecule has 2 aromatic carbocycles. The van der Waals surface area contributed by atoms with E-state index < -0.39 is 0 Å². The van der Waals surface area contributed by atoms with Crippen LogP contribution in [0.4, 0.5) is 0 Å². The summed E-state index contributed by atoms with van der Waals surface area (Å²) in [4.78, 5) is 18.0. The number of rotatable bonds is 7. The van der Waals surface area contributed by atoms with Crippen LogP contribution in [0.15, 0.2) is 76.6 Å². The minimum absolute atomic E-state index is 0.0599. The van der Waals surface area contributed by atoms with Crippen molar-refractivity contribution in [1.82, 2.24) is 15.5 Å². The van der Waals surface area contributed by atoms with Gasteiger partial charge in [-0.1, -0.05) is 71.4 Å². The molecule has 1 amide bonds. The van der Waals surface area contributed by atoms with E-state index in [9.17, 15) is 4.79 Å². The predicted octanol–water partition coefficient (Wildman–Crippen LogP) is 4.94. The fourth-order valence-corrected chi connectivity index (χ4v) is 3.73. The van der Waals surface area contributed by atoms with Gasteiger partial charge < -0.3 is 9.84 Å². The zero-order valence-electron chi connectivity index (χ0n) is 16.0. The van der Waals surface area contributed by atoms with Crippen LogP contribution in [0.3, 0.4) is 0 Å². The highest BCUT2D eigenvalue weighted by Crippen LogP contribution is 2.23. The van der Waals surface area contributed by atoms with Crippen molar-refractivity contribution in [1.29, 1.82) is 0 Å². The van der Waals surface area contributed by atoms with E-state index in [1.165, 1.54) is 5.56 Å². The third kappa shape index (κ3) is 4.78. The minimum atomic E-state index is -0.200. The lowest BCUT2D eigenvalue weighted by molar-refractivity contribution is -0.121. The normalized spacial score (nSPS) is 11.9. The number of hydrogen-bond donors (Lipinski definition) is 1. The number of aryl methyl sites for hydroxylation is 2. The van der Waals surface area contributed by atoms with Crippen LogP contribution in [0, 0.1) is 6.92 Å². The Morgan fingerprint density at radius 2 is 1.79 bits per heavy atom. The number of nitrogens with one attached hydrogen (secondary N) is 1. The molecule has 29 heavy (non-hydrogen) atoms. The van der Waals surface area contributed by atoms with Crippen molar-refractivity contribution in [3.63, 3.8) is 0 Å². The van der Waals surface area contributed by atoms with Gasteiger partial charge in [0.1, 0.15) is 0 Å². The Hall–Kier alpha value is -3.25. The van der Waals surface area contributed by atoms with Crippen LogP contribution in [-0.4, -0.2) is 16.0 Å². The third-order valence-electron chi connectivity index (χ3n) is 4.62. The molecule has 6 heteroatoms. The number of amides is 1. The number of carbonyl (C=O) groups is 1. The lowest BCUT2D eigenvalue weighted by Crippen LogP contribution is -2.29. The Morgan fingerprint density at radius 1 is 1.03 bits per heavy atom. The first-order valence-corrected chi connectivity index (χ1v) is 10.3. The summed E-state index contributed by atoms with van der Waals surface area (Å²) in [5.41, 5.74) is 3.28. The molecule has 0 aliphatic carbocycles. The molecule has 2 aromatic heterocycles. The van der Waals surface area contributed by atoms with Crippen LogP contribution in [0.2, 0.25) is 0 Å². The fourth-order valence-electron chi connectivity index (χ4n) is 3.08. The van der Waals surface area contributed by atoms with Gasteiger partial charge in [0, 0.05) is 12.8 Å². The van der Waals surface area contributed by atoms with Gasteiger partial charge in [-0.15, -0.1) is 11.3 Å². The van der Waals surface area contributed by atoms with E-state index >= 15 is 0 Å². The summed E-state index contributed by atoms with van der Waals surface area (Å²) in [6, 6.07) is 21.9. The predicted molar refractivity (Wildman–Crippen MR) is 114 cm³/mol. The van der Waals surface area contributed by atoms with E-state index in [0.717, 1.165) is 16.0 Å². The molecular weight excluding hydrogens is 382 g/mol. The molecule has 4 aromatic rings. The molecule has 2 heterocycles. The van der Waals surface area contributed by atoms with E-state index in [-0.39, 0.29) is 18.4 Å². The van der Waals surface area contributed by atoms with Crippen molar-refractivity contribution in [2.24, 2.45) is 0 Å². The summed E-state index contributed by atoms with van der Waals surface area (Å²) >= 11 is 1.55. The van der Waals surface area contributed by atoms with E-state index in [0.29, 0.717) is 18.1 Å². The van der Waals surface area contributed by atoms with Crippen LogP contribution >= 0.6 is 11.3 Å². The monoisotopic (exact) mass is 403 g/mol. The van der Waals surface area contributed by atoms with Crippen LogP contribution in [0.25, 0.3) is 10.7 Å². The van der Waals surface area contributed by atoms with Crippen LogP contribution < -0.4 is 5.32 Å². The van der Waals surface area contributed by atoms with E-state index in [2.05, 4.69) is 46.6 Å². The molecule has 0 aliphatic rings. The Labute approximate surface area is 173 Å². The van der Waals surface area contributed by atoms with Gasteiger partial charge in [0.15, 0.2) is 0 Å². The molecule has 0 bridgehead atoms. The zero-order chi connectivity index (χ0) is 20.1. The standard InChI is InChI=1S/C23H21N3O2S/c1-16-9-11-18(12-10-16)22(17-6-3-2-4-7-17)24-20(27)13-14-21-25-23(26-28-21)19-8-5-15-29-19/h2-12,15,22H,13-14H2,1H3,(H,24,27). The first kappa shape index (κ1) is 19.1. The maximum atomic E-state index is 12.7. The highest BCUT2D eigenvalue weighted by Gasteiger charge is 2.18. The Bertz CT molecular complexity index is 1060. The number of benzene rings is 2. The summed E-state index contributed by atoms with van der Waals surface area (Å²) in [6.07, 6.45) is 0.681. The van der Waals surface area contributed by atoms with Crippen molar-refractivity contribution in [3.8, 4) is 10.7 Å². The average Bonchev–Trinajstić information content (AvgIpc) is 3.44. The van der Waals surface area contributed by atoms with Gasteiger partial charge in [0.05, 0.1) is 10.9 Å². The second-order valence-electron chi connectivity index (χ2n) is 6.81. The van der Waals surface area contributed by atoms with Gasteiger partial charge in [-0.2, -0.15) is 4.98 Å². The number of nitrogens with zero attached hydrogens (tertiary/aromatic N) is 2. The molecule has 1 unspecified atom stereocenters. The quantitative estimate of drug-likeness (QED) is 0.474. The van der Waals surface area contributed by atoms with Crippen LogP contribution in [-0.2, 0) is 11.2 Å². The van der Waals surface area contributed by atoms with Crippen molar-refractivity contribution < 1.29 is 9.32 Å². The van der Waals surface area contributed by atoms with Gasteiger partial charge in [0.2, 0.25) is 17.6 Å². The maximum Gasteiger partial charge on any atom is 0.227 e. The molecule has 0 saturated heterocycles. The molecule has 1 N–H and O–H groups in total. The van der Waals surface area contributed by atoms with Crippen molar-refractivity contribution >= 4 is 17.2 Å². The number of thiophene rings is 1. The summed E-state index contributed by atoms with van der Waals surface area (Å²) in [6.45, 7) is 2.05. The summed E-state index contributed by atoms with van der Waals surface area (Å²) in [5.74, 6) is 0.975. The van der Waals surface area contributed by atoms with Gasteiger partial charge in [0.25, 0.3) is 0 Å². The smallest absolute Gasteiger partial charge is 0.227 e. The van der Waals surface area contributed by atoms with E-state index in [1.54, 1.807) is 11.3 Å². The van der Waals surface area contributed by atoms with E-state index in [1.807, 2.05) is 47.8 Å². The zero-order valence-corrected chi connectivity index (χ0v) is 16.9. The Kier molecular flexibility index (Phi) is 5.81. The fraction of sp³-hybridized carbons (Fsp3) is 0.174. The molecule has 0 aliphatic heterocycles. The van der Waals surface area contributed by atoms with Crippen molar-refractivity contribution in [2.75, 3.05) is 0 Å². The molecular formula is C23H21N3O2S. The van der Waals surface area contributed by atoms with Crippen molar-refractivity contribution in [3.05, 3.63) is 94.7 Å². The first-order valence-electron chi connectivity index (χ1n) is 9.46. The molecule has 0 fully saturated rings. The summed E-state index contributed by atoms with van der Waals surface area (Å²) < 4.78 is 5.29. The second-order valence-corrected chi connectivity index (χ2v) is 7.76. The van der Waals surface area contributed by atoms with Gasteiger partial charge in [-0.3, -0.25) is 4.79 Å². The van der Waals surface area contributed by atoms with Crippen molar-refractivity contribution in [2.45, 2.75) is 25.8 Å². The number of hydrogen-bond acceptors (Lipinski definition) is 5. The van der Waals surface area contributed by atoms with E-state index in [4.69, 9.17) is 4.52 Å². The van der Waals surface area contributed by atoms with Gasteiger partial charge >= 0.3 is 0 Å². The topological polar surface area (TPSA) is 68.0 Å². The van der Waals surface area contributed by atoms with Crippen LogP contribution in [0.5, 0.6) is 0 Å². The average molecular weight is 404 g/mol. The molecule has 1 atom stereocenters. The Balaban J connectivity index is 1.43. The molecule has 0 radical (unpaired) electrons. The number of carbonyl (C=O) groups excluding carboxylic acids is 1. The number of aromatic nitrogens is 2. The third-order valence-corrected chi connectivity index (χ3v) is 5.49. The largest absolute Gasteiger partial charge is 0.345 e. The van der Waals surface area contributed by atoms with Gasteiger partial charge in [-0.25, -0.2) is 0 Å². The molecule has 5 nitrogen and oxygen atoms in total. The SMILES string of the molecule is Cc1ccc(C(NC(=O)CCc2nc(-c3cccs3)no2)c2ccccc2)cc1. The van der Waals surface area contributed by atoms with Gasteiger partial charge in [-0.05, 0) is 29.5 Å². The molecule has 146 valence electrons. The molecule has 0 saturated carbocycles. The minimum Gasteiger partial charge on any atom is -0.345 e. The Morgan fingerprint density at radius 3 is 2.52 bits per heavy atom.